The number of aromatic nitrogens is 2. The van der Waals surface area contributed by atoms with Crippen LogP contribution in [0.2, 0.25) is 0 Å². The lowest BCUT2D eigenvalue weighted by atomic mass is 10.1. The second-order valence-electron chi connectivity index (χ2n) is 6.84. The third-order valence-corrected chi connectivity index (χ3v) is 4.54. The quantitative estimate of drug-likeness (QED) is 0.614. The molecule has 0 atom stereocenters. The molecule has 2 aromatic carbocycles. The zero-order valence-electron chi connectivity index (χ0n) is 17.0. The molecule has 2 N–H and O–H groups in total. The topological polar surface area (TPSA) is 76.1 Å². The monoisotopic (exact) mass is 390 g/mol. The van der Waals surface area contributed by atoms with Crippen molar-refractivity contribution in [2.24, 2.45) is 0 Å². The molecule has 0 aliphatic rings. The molecule has 3 aromatic rings. The second kappa shape index (κ2) is 9.68. The standard InChI is InChI=1S/C23H26N4O2/c1-16-8-10-18(11-9-16)15-25-22-14-20(26-17(2)27-22)23(28)24-13-12-19-6-4-5-7-21(19)29-3/h4-11,14H,12-13,15H2,1-3H3,(H,24,28)(H,25,26,27). The first kappa shape index (κ1) is 20.3. The van der Waals surface area contributed by atoms with E-state index in [1.165, 1.54) is 5.56 Å². The molecule has 29 heavy (non-hydrogen) atoms. The highest BCUT2D eigenvalue weighted by molar-refractivity contribution is 5.92. The summed E-state index contributed by atoms with van der Waals surface area (Å²) in [6.07, 6.45) is 0.679. The van der Waals surface area contributed by atoms with Gasteiger partial charge in [-0.05, 0) is 37.5 Å². The second-order valence-corrected chi connectivity index (χ2v) is 6.84. The summed E-state index contributed by atoms with van der Waals surface area (Å²) in [5.41, 5.74) is 3.77. The van der Waals surface area contributed by atoms with Gasteiger partial charge in [0, 0.05) is 19.2 Å². The number of amides is 1. The molecular formula is C23H26N4O2. The number of carbonyl (C=O) groups excluding carboxylic acids is 1. The molecule has 0 radical (unpaired) electrons. The summed E-state index contributed by atoms with van der Waals surface area (Å²) in [6.45, 7) is 4.96. The van der Waals surface area contributed by atoms with Gasteiger partial charge in [-0.3, -0.25) is 4.79 Å². The number of hydrogen-bond acceptors (Lipinski definition) is 5. The lowest BCUT2D eigenvalue weighted by Gasteiger charge is -2.11. The van der Waals surface area contributed by atoms with Gasteiger partial charge in [0.2, 0.25) is 0 Å². The maximum atomic E-state index is 12.5. The molecule has 150 valence electrons. The zero-order valence-corrected chi connectivity index (χ0v) is 17.0. The Morgan fingerprint density at radius 2 is 1.79 bits per heavy atom. The van der Waals surface area contributed by atoms with Crippen LogP contribution in [0.25, 0.3) is 0 Å². The Bertz CT molecular complexity index is 971. The SMILES string of the molecule is COc1ccccc1CCNC(=O)c1cc(NCc2ccc(C)cc2)nc(C)n1. The Morgan fingerprint density at radius 1 is 1.03 bits per heavy atom. The summed E-state index contributed by atoms with van der Waals surface area (Å²) in [4.78, 5) is 21.2. The molecule has 3 rings (SSSR count). The molecule has 0 bridgehead atoms. The lowest BCUT2D eigenvalue weighted by molar-refractivity contribution is 0.0948. The van der Waals surface area contributed by atoms with E-state index in [0.717, 1.165) is 16.9 Å². The number of benzene rings is 2. The lowest BCUT2D eigenvalue weighted by Crippen LogP contribution is -2.27. The van der Waals surface area contributed by atoms with E-state index in [2.05, 4.69) is 51.8 Å². The van der Waals surface area contributed by atoms with Gasteiger partial charge in [-0.2, -0.15) is 0 Å². The van der Waals surface area contributed by atoms with Crippen molar-refractivity contribution in [3.8, 4) is 5.75 Å². The molecule has 6 nitrogen and oxygen atoms in total. The van der Waals surface area contributed by atoms with Gasteiger partial charge in [0.25, 0.3) is 5.91 Å². The number of para-hydroxylation sites is 1. The molecule has 1 amide bonds. The maximum Gasteiger partial charge on any atom is 0.270 e. The normalized spacial score (nSPS) is 10.4. The van der Waals surface area contributed by atoms with Gasteiger partial charge in [0.1, 0.15) is 23.1 Å². The van der Waals surface area contributed by atoms with Crippen LogP contribution < -0.4 is 15.4 Å². The summed E-state index contributed by atoms with van der Waals surface area (Å²) in [7, 11) is 1.65. The molecule has 0 aliphatic carbocycles. The fourth-order valence-electron chi connectivity index (χ4n) is 2.98. The van der Waals surface area contributed by atoms with Gasteiger partial charge in [0.05, 0.1) is 7.11 Å². The maximum absolute atomic E-state index is 12.5. The molecule has 0 aliphatic heterocycles. The summed E-state index contributed by atoms with van der Waals surface area (Å²) in [5, 5.41) is 6.19. The highest BCUT2D eigenvalue weighted by Crippen LogP contribution is 2.17. The molecule has 1 heterocycles. The summed E-state index contributed by atoms with van der Waals surface area (Å²) >= 11 is 0. The zero-order chi connectivity index (χ0) is 20.6. The predicted molar refractivity (Wildman–Crippen MR) is 114 cm³/mol. The van der Waals surface area contributed by atoms with Crippen LogP contribution in [0.4, 0.5) is 5.82 Å². The first-order chi connectivity index (χ1) is 14.0. The van der Waals surface area contributed by atoms with Gasteiger partial charge < -0.3 is 15.4 Å². The smallest absolute Gasteiger partial charge is 0.270 e. The van der Waals surface area contributed by atoms with Crippen molar-refractivity contribution < 1.29 is 9.53 Å². The van der Waals surface area contributed by atoms with E-state index in [9.17, 15) is 4.79 Å². The van der Waals surface area contributed by atoms with Gasteiger partial charge in [-0.25, -0.2) is 9.97 Å². The molecule has 0 saturated carbocycles. The molecule has 6 heteroatoms. The average molecular weight is 390 g/mol. The van der Waals surface area contributed by atoms with Crippen LogP contribution in [-0.4, -0.2) is 29.5 Å². The largest absolute Gasteiger partial charge is 0.496 e. The number of anilines is 1. The van der Waals surface area contributed by atoms with E-state index in [1.807, 2.05) is 24.3 Å². The van der Waals surface area contributed by atoms with Gasteiger partial charge in [-0.15, -0.1) is 0 Å². The van der Waals surface area contributed by atoms with Crippen molar-refractivity contribution in [3.63, 3.8) is 0 Å². The first-order valence-corrected chi connectivity index (χ1v) is 9.60. The Hall–Kier alpha value is -3.41. The first-order valence-electron chi connectivity index (χ1n) is 9.60. The number of nitrogens with zero attached hydrogens (tertiary/aromatic N) is 2. The molecule has 0 unspecified atom stereocenters. The number of carbonyl (C=O) groups is 1. The van der Waals surface area contributed by atoms with Crippen LogP contribution in [-0.2, 0) is 13.0 Å². The van der Waals surface area contributed by atoms with E-state index in [1.54, 1.807) is 20.1 Å². The molecule has 1 aromatic heterocycles. The number of methoxy groups -OCH3 is 1. The van der Waals surface area contributed by atoms with Gasteiger partial charge >= 0.3 is 0 Å². The predicted octanol–water partition coefficient (Wildman–Crippen LogP) is 3.69. The number of nitrogens with one attached hydrogen (secondary N) is 2. The van der Waals surface area contributed by atoms with Gasteiger partial charge in [0.15, 0.2) is 0 Å². The molecule has 0 fully saturated rings. The van der Waals surface area contributed by atoms with Crippen molar-refractivity contribution in [2.75, 3.05) is 19.0 Å². The Morgan fingerprint density at radius 3 is 2.55 bits per heavy atom. The van der Waals surface area contributed by atoms with Crippen molar-refractivity contribution in [3.05, 3.63) is 82.8 Å². The van der Waals surface area contributed by atoms with Crippen LogP contribution in [0.3, 0.4) is 0 Å². The minimum absolute atomic E-state index is 0.219. The highest BCUT2D eigenvalue weighted by atomic mass is 16.5. The van der Waals surface area contributed by atoms with Crippen LogP contribution in [0.1, 0.15) is 33.0 Å². The molecular weight excluding hydrogens is 364 g/mol. The van der Waals surface area contributed by atoms with Gasteiger partial charge in [-0.1, -0.05) is 48.0 Å². The van der Waals surface area contributed by atoms with E-state index >= 15 is 0 Å². The van der Waals surface area contributed by atoms with E-state index in [-0.39, 0.29) is 5.91 Å². The third kappa shape index (κ3) is 5.78. The fourth-order valence-corrected chi connectivity index (χ4v) is 2.98. The number of rotatable bonds is 8. The molecule has 0 saturated heterocycles. The highest BCUT2D eigenvalue weighted by Gasteiger charge is 2.11. The average Bonchev–Trinajstić information content (AvgIpc) is 2.73. The van der Waals surface area contributed by atoms with Crippen molar-refractivity contribution in [2.45, 2.75) is 26.8 Å². The Labute approximate surface area is 171 Å². The van der Waals surface area contributed by atoms with Crippen molar-refractivity contribution >= 4 is 11.7 Å². The van der Waals surface area contributed by atoms with Crippen LogP contribution in [0.15, 0.2) is 54.6 Å². The Kier molecular flexibility index (Phi) is 6.79. The Balaban J connectivity index is 1.59. The van der Waals surface area contributed by atoms with E-state index < -0.39 is 0 Å². The minimum Gasteiger partial charge on any atom is -0.496 e. The fraction of sp³-hybridized carbons (Fsp3) is 0.261. The summed E-state index contributed by atoms with van der Waals surface area (Å²) in [5.74, 6) is 1.78. The van der Waals surface area contributed by atoms with Crippen molar-refractivity contribution in [1.82, 2.24) is 15.3 Å². The third-order valence-electron chi connectivity index (χ3n) is 4.54. The number of ether oxygens (including phenoxy) is 1. The van der Waals surface area contributed by atoms with Crippen molar-refractivity contribution in [1.29, 1.82) is 0 Å². The summed E-state index contributed by atoms with van der Waals surface area (Å²) < 4.78 is 5.35. The van der Waals surface area contributed by atoms with Crippen LogP contribution in [0.5, 0.6) is 5.75 Å². The number of hydrogen-bond donors (Lipinski definition) is 2. The van der Waals surface area contributed by atoms with Crippen LogP contribution in [0, 0.1) is 13.8 Å². The molecule has 0 spiro atoms. The van der Waals surface area contributed by atoms with Crippen LogP contribution >= 0.6 is 0 Å². The number of aryl methyl sites for hydroxylation is 2. The van der Waals surface area contributed by atoms with E-state index in [4.69, 9.17) is 4.74 Å². The van der Waals surface area contributed by atoms with E-state index in [0.29, 0.717) is 36.8 Å². The summed E-state index contributed by atoms with van der Waals surface area (Å²) in [6, 6.07) is 17.8. The minimum atomic E-state index is -0.219.